The van der Waals surface area contributed by atoms with Gasteiger partial charge in [-0.05, 0) is 28.7 Å². The van der Waals surface area contributed by atoms with Crippen LogP contribution >= 0.6 is 24.0 Å². The molecule has 0 radical (unpaired) electrons. The highest BCUT2D eigenvalue weighted by atomic mass is 127. The van der Waals surface area contributed by atoms with Crippen molar-refractivity contribution in [1.29, 1.82) is 0 Å². The third-order valence-corrected chi connectivity index (χ3v) is 5.75. The highest BCUT2D eigenvalue weighted by Gasteiger charge is 2.26. The van der Waals surface area contributed by atoms with Crippen molar-refractivity contribution in [2.24, 2.45) is 12.0 Å². The van der Waals surface area contributed by atoms with Gasteiger partial charge in [-0.1, -0.05) is 54.6 Å². The monoisotopic (exact) mass is 545 g/mol. The summed E-state index contributed by atoms with van der Waals surface area (Å²) >= 11 is 0. The molecule has 4 rings (SSSR count). The molecule has 1 saturated heterocycles. The molecule has 1 unspecified atom stereocenters. The fourth-order valence-corrected chi connectivity index (χ4v) is 4.00. The van der Waals surface area contributed by atoms with E-state index in [9.17, 15) is 0 Å². The molecule has 6 nitrogen and oxygen atoms in total. The molecule has 7 heteroatoms. The molecule has 0 bridgehead atoms. The van der Waals surface area contributed by atoms with Crippen LogP contribution in [0.4, 0.5) is 0 Å². The zero-order valence-electron chi connectivity index (χ0n) is 18.8. The van der Waals surface area contributed by atoms with Crippen molar-refractivity contribution in [3.63, 3.8) is 0 Å². The van der Waals surface area contributed by atoms with E-state index in [4.69, 9.17) is 4.74 Å². The minimum Gasteiger partial charge on any atom is -0.372 e. The first-order valence-electron chi connectivity index (χ1n) is 10.8. The molecule has 1 N–H and O–H groups in total. The Labute approximate surface area is 207 Å². The number of rotatable bonds is 7. The number of halogens is 1. The topological polar surface area (TPSA) is 54.7 Å². The predicted octanol–water partition coefficient (Wildman–Crippen LogP) is 4.32. The summed E-state index contributed by atoms with van der Waals surface area (Å²) < 4.78 is 7.71. The predicted molar refractivity (Wildman–Crippen MR) is 139 cm³/mol. The van der Waals surface area contributed by atoms with Gasteiger partial charge in [-0.2, -0.15) is 5.10 Å². The maximum absolute atomic E-state index is 5.83. The number of aryl methyl sites for hydroxylation is 1. The molecule has 1 aromatic heterocycles. The third-order valence-electron chi connectivity index (χ3n) is 5.75. The molecule has 2 aromatic carbocycles. The molecule has 1 aliphatic heterocycles. The summed E-state index contributed by atoms with van der Waals surface area (Å²) in [4.78, 5) is 6.83. The summed E-state index contributed by atoms with van der Waals surface area (Å²) in [6.07, 6.45) is 5.23. The van der Waals surface area contributed by atoms with Crippen LogP contribution in [0.1, 0.15) is 34.6 Å². The van der Waals surface area contributed by atoms with E-state index in [0.717, 1.165) is 32.0 Å². The van der Waals surface area contributed by atoms with Crippen molar-refractivity contribution in [3.8, 4) is 0 Å². The average Bonchev–Trinajstić information content (AvgIpc) is 3.45. The second-order valence-corrected chi connectivity index (χ2v) is 8.07. The lowest BCUT2D eigenvalue weighted by Crippen LogP contribution is -2.39. The summed E-state index contributed by atoms with van der Waals surface area (Å²) in [5.41, 5.74) is 4.92. The van der Waals surface area contributed by atoms with Crippen molar-refractivity contribution in [2.75, 3.05) is 20.1 Å². The maximum atomic E-state index is 5.83. The quantitative estimate of drug-likeness (QED) is 0.273. The number of likely N-dealkylation sites (tertiary alicyclic amines) is 1. The number of hydrogen-bond donors (Lipinski definition) is 1. The molecule has 2 heterocycles. The highest BCUT2D eigenvalue weighted by molar-refractivity contribution is 14.0. The summed E-state index contributed by atoms with van der Waals surface area (Å²) in [6.45, 7) is 4.00. The second-order valence-electron chi connectivity index (χ2n) is 8.07. The first kappa shape index (κ1) is 24.3. The van der Waals surface area contributed by atoms with Crippen LogP contribution in [-0.2, 0) is 31.5 Å². The lowest BCUT2D eigenvalue weighted by molar-refractivity contribution is 0.107. The smallest absolute Gasteiger partial charge is 0.193 e. The molecule has 1 atom stereocenters. The van der Waals surface area contributed by atoms with Gasteiger partial charge in [0, 0.05) is 45.8 Å². The Kier molecular flexibility index (Phi) is 9.11. The van der Waals surface area contributed by atoms with Crippen molar-refractivity contribution in [3.05, 3.63) is 89.2 Å². The molecule has 0 aliphatic carbocycles. The number of guanidine groups is 1. The molecule has 0 saturated carbocycles. The number of benzene rings is 2. The molecule has 3 aromatic rings. The van der Waals surface area contributed by atoms with Gasteiger partial charge in [-0.3, -0.25) is 9.67 Å². The number of aromatic nitrogens is 2. The van der Waals surface area contributed by atoms with Crippen LogP contribution in [0.3, 0.4) is 0 Å². The Morgan fingerprint density at radius 2 is 1.75 bits per heavy atom. The first-order valence-corrected chi connectivity index (χ1v) is 10.8. The van der Waals surface area contributed by atoms with E-state index in [-0.39, 0.29) is 24.0 Å². The van der Waals surface area contributed by atoms with Crippen LogP contribution in [0.5, 0.6) is 0 Å². The third kappa shape index (κ3) is 6.56. The van der Waals surface area contributed by atoms with Crippen LogP contribution in [0.2, 0.25) is 0 Å². The SMILES string of the molecule is CN=C(NCc1ccc(COCc2ccccc2)cc1)N1CCC(c2cnn(C)c2)C1.I. The van der Waals surface area contributed by atoms with Crippen molar-refractivity contribution in [1.82, 2.24) is 20.0 Å². The molecule has 0 amide bonds. The van der Waals surface area contributed by atoms with Gasteiger partial charge in [0.05, 0.1) is 19.4 Å². The van der Waals surface area contributed by atoms with E-state index >= 15 is 0 Å². The minimum atomic E-state index is 0. The summed E-state index contributed by atoms with van der Waals surface area (Å²) in [6, 6.07) is 18.9. The Morgan fingerprint density at radius 1 is 1.06 bits per heavy atom. The summed E-state index contributed by atoms with van der Waals surface area (Å²) in [5.74, 6) is 1.48. The fourth-order valence-electron chi connectivity index (χ4n) is 4.00. The van der Waals surface area contributed by atoms with E-state index in [1.807, 2.05) is 43.2 Å². The summed E-state index contributed by atoms with van der Waals surface area (Å²) in [5, 5.41) is 7.82. The Morgan fingerprint density at radius 3 is 2.41 bits per heavy atom. The zero-order valence-corrected chi connectivity index (χ0v) is 21.1. The molecule has 1 aliphatic rings. The van der Waals surface area contributed by atoms with Gasteiger partial charge < -0.3 is 15.0 Å². The van der Waals surface area contributed by atoms with E-state index in [2.05, 4.69) is 62.9 Å². The van der Waals surface area contributed by atoms with Gasteiger partial charge in [-0.25, -0.2) is 0 Å². The average molecular weight is 545 g/mol. The Balaban J connectivity index is 0.00000289. The van der Waals surface area contributed by atoms with Gasteiger partial charge in [0.1, 0.15) is 0 Å². The van der Waals surface area contributed by atoms with Crippen molar-refractivity contribution < 1.29 is 4.74 Å². The maximum Gasteiger partial charge on any atom is 0.193 e. The molecule has 32 heavy (non-hydrogen) atoms. The van der Waals surface area contributed by atoms with Gasteiger partial charge in [0.15, 0.2) is 5.96 Å². The minimum absolute atomic E-state index is 0. The normalized spacial score (nSPS) is 16.1. The number of nitrogens with one attached hydrogen (secondary N) is 1. The molecule has 1 fully saturated rings. The number of hydrogen-bond acceptors (Lipinski definition) is 3. The number of nitrogens with zero attached hydrogens (tertiary/aromatic N) is 4. The summed E-state index contributed by atoms with van der Waals surface area (Å²) in [7, 11) is 3.82. The van der Waals surface area contributed by atoms with E-state index in [0.29, 0.717) is 19.1 Å². The van der Waals surface area contributed by atoms with Gasteiger partial charge >= 0.3 is 0 Å². The molecule has 0 spiro atoms. The molecular weight excluding hydrogens is 513 g/mol. The Bertz CT molecular complexity index is 987. The van der Waals surface area contributed by atoms with Crippen molar-refractivity contribution in [2.45, 2.75) is 32.1 Å². The first-order chi connectivity index (χ1) is 15.2. The standard InChI is InChI=1S/C25H31N5O.HI/c1-26-25(30-13-12-23(17-30)24-15-28-29(2)16-24)27-14-20-8-10-22(11-9-20)19-31-18-21-6-4-3-5-7-21;/h3-11,15-16,23H,12-14,17-19H2,1-2H3,(H,26,27);1H. The Hall–Kier alpha value is -2.39. The van der Waals surface area contributed by atoms with E-state index in [1.54, 1.807) is 0 Å². The second kappa shape index (κ2) is 12.0. The molecular formula is C25H32IN5O. The van der Waals surface area contributed by atoms with Crippen molar-refractivity contribution >= 4 is 29.9 Å². The number of ether oxygens (including phenoxy) is 1. The molecule has 170 valence electrons. The van der Waals surface area contributed by atoms with Gasteiger partial charge in [-0.15, -0.1) is 24.0 Å². The van der Waals surface area contributed by atoms with Gasteiger partial charge in [0.2, 0.25) is 0 Å². The van der Waals surface area contributed by atoms with Crippen LogP contribution in [0.25, 0.3) is 0 Å². The van der Waals surface area contributed by atoms with Crippen LogP contribution in [0, 0.1) is 0 Å². The van der Waals surface area contributed by atoms with Crippen LogP contribution < -0.4 is 5.32 Å². The zero-order chi connectivity index (χ0) is 21.5. The largest absolute Gasteiger partial charge is 0.372 e. The fraction of sp³-hybridized carbons (Fsp3) is 0.360. The number of aliphatic imine (C=N–C) groups is 1. The van der Waals surface area contributed by atoms with E-state index < -0.39 is 0 Å². The lowest BCUT2D eigenvalue weighted by atomic mass is 10.0. The van der Waals surface area contributed by atoms with Crippen LogP contribution in [0.15, 0.2) is 72.0 Å². The lowest BCUT2D eigenvalue weighted by Gasteiger charge is -2.21. The van der Waals surface area contributed by atoms with Gasteiger partial charge in [0.25, 0.3) is 0 Å². The highest BCUT2D eigenvalue weighted by Crippen LogP contribution is 2.26. The van der Waals surface area contributed by atoms with Crippen LogP contribution in [-0.4, -0.2) is 40.8 Å². The van der Waals surface area contributed by atoms with E-state index in [1.165, 1.54) is 22.3 Å².